The summed E-state index contributed by atoms with van der Waals surface area (Å²) >= 11 is 4.84. The highest BCUT2D eigenvalue weighted by atomic mass is 79.9. The molecule has 2 aromatic carbocycles. The van der Waals surface area contributed by atoms with Gasteiger partial charge in [-0.3, -0.25) is 14.9 Å². The third-order valence-electron chi connectivity index (χ3n) is 3.52. The third-order valence-corrected chi connectivity index (χ3v) is 5.25. The maximum absolute atomic E-state index is 11.6. The number of rotatable bonds is 4. The number of aldehydes is 1. The van der Waals surface area contributed by atoms with Crippen LogP contribution in [0.15, 0.2) is 56.9 Å². The molecule has 1 aromatic heterocycles. The first kappa shape index (κ1) is 15.8. The molecule has 0 unspecified atom stereocenters. The van der Waals surface area contributed by atoms with E-state index in [4.69, 9.17) is 0 Å². The van der Waals surface area contributed by atoms with Crippen molar-refractivity contribution in [1.29, 1.82) is 0 Å². The Balaban J connectivity index is 2.15. The van der Waals surface area contributed by atoms with Gasteiger partial charge in [0.05, 0.1) is 15.5 Å². The highest BCUT2D eigenvalue weighted by molar-refractivity contribution is 9.10. The minimum atomic E-state index is -0.456. The molecular formula is C16H11BrN2O3S. The van der Waals surface area contributed by atoms with Crippen molar-refractivity contribution >= 4 is 50.6 Å². The van der Waals surface area contributed by atoms with Crippen LogP contribution < -0.4 is 0 Å². The minimum absolute atomic E-state index is 0.0219. The Labute approximate surface area is 144 Å². The van der Waals surface area contributed by atoms with Crippen molar-refractivity contribution in [1.82, 2.24) is 4.57 Å². The second-order valence-corrected chi connectivity index (χ2v) is 6.89. The zero-order valence-electron chi connectivity index (χ0n) is 12.0. The van der Waals surface area contributed by atoms with Crippen LogP contribution in [-0.4, -0.2) is 15.8 Å². The summed E-state index contributed by atoms with van der Waals surface area (Å²) in [5, 5.41) is 12.3. The average Bonchev–Trinajstić information content (AvgIpc) is 2.81. The van der Waals surface area contributed by atoms with Gasteiger partial charge in [-0.25, -0.2) is 0 Å². The summed E-state index contributed by atoms with van der Waals surface area (Å²) in [5.74, 6) is 0. The molecule has 0 aliphatic heterocycles. The Morgan fingerprint density at radius 3 is 2.52 bits per heavy atom. The van der Waals surface area contributed by atoms with Crippen molar-refractivity contribution < 1.29 is 9.72 Å². The molecule has 0 aliphatic rings. The summed E-state index contributed by atoms with van der Waals surface area (Å²) in [4.78, 5) is 23.1. The lowest BCUT2D eigenvalue weighted by Crippen LogP contribution is -1.91. The Morgan fingerprint density at radius 1 is 1.22 bits per heavy atom. The number of nitrogens with zero attached hydrogens (tertiary/aromatic N) is 2. The van der Waals surface area contributed by atoms with E-state index in [1.54, 1.807) is 6.07 Å². The van der Waals surface area contributed by atoms with E-state index >= 15 is 0 Å². The topological polar surface area (TPSA) is 65.1 Å². The van der Waals surface area contributed by atoms with Gasteiger partial charge in [-0.05, 0) is 30.3 Å². The van der Waals surface area contributed by atoms with Crippen molar-refractivity contribution in [3.8, 4) is 0 Å². The van der Waals surface area contributed by atoms with Crippen LogP contribution in [0.2, 0.25) is 0 Å². The Kier molecular flexibility index (Phi) is 4.23. The number of carbonyl (C=O) groups is 1. The molecule has 0 N–H and O–H groups in total. The first-order valence-corrected chi connectivity index (χ1v) is 8.27. The van der Waals surface area contributed by atoms with Gasteiger partial charge < -0.3 is 4.57 Å². The van der Waals surface area contributed by atoms with Crippen LogP contribution in [0.25, 0.3) is 10.9 Å². The Hall–Kier alpha value is -2.12. The SMILES string of the molecule is Cn1c(Sc2ccc(Br)cc2)c(C=O)c2cc([N+](=O)[O-])ccc21. The molecule has 0 aliphatic carbocycles. The summed E-state index contributed by atoms with van der Waals surface area (Å²) in [6.07, 6.45) is 0.757. The van der Waals surface area contributed by atoms with Crippen molar-refractivity contribution in [2.45, 2.75) is 9.92 Å². The van der Waals surface area contributed by atoms with E-state index in [2.05, 4.69) is 15.9 Å². The van der Waals surface area contributed by atoms with E-state index in [0.717, 1.165) is 26.2 Å². The lowest BCUT2D eigenvalue weighted by atomic mass is 10.2. The number of nitro benzene ring substituents is 1. The zero-order valence-corrected chi connectivity index (χ0v) is 14.4. The van der Waals surface area contributed by atoms with Crippen LogP contribution in [0.3, 0.4) is 0 Å². The molecule has 0 radical (unpaired) electrons. The quantitative estimate of drug-likeness (QED) is 0.364. The van der Waals surface area contributed by atoms with E-state index in [0.29, 0.717) is 10.9 Å². The van der Waals surface area contributed by atoms with Crippen LogP contribution in [-0.2, 0) is 7.05 Å². The summed E-state index contributed by atoms with van der Waals surface area (Å²) < 4.78 is 2.86. The molecule has 3 rings (SSSR count). The van der Waals surface area contributed by atoms with E-state index in [1.165, 1.54) is 23.9 Å². The lowest BCUT2D eigenvalue weighted by Gasteiger charge is -2.05. The number of fused-ring (bicyclic) bond motifs is 1. The van der Waals surface area contributed by atoms with Gasteiger partial charge in [0.1, 0.15) is 0 Å². The van der Waals surface area contributed by atoms with E-state index in [-0.39, 0.29) is 5.69 Å². The molecule has 0 saturated heterocycles. The fraction of sp³-hybridized carbons (Fsp3) is 0.0625. The molecule has 1 heterocycles. The number of non-ortho nitro benzene ring substituents is 1. The molecule has 0 spiro atoms. The average molecular weight is 391 g/mol. The molecular weight excluding hydrogens is 380 g/mol. The Morgan fingerprint density at radius 2 is 1.91 bits per heavy atom. The normalized spacial score (nSPS) is 10.9. The van der Waals surface area contributed by atoms with Crippen molar-refractivity contribution in [3.63, 3.8) is 0 Å². The Bertz CT molecular complexity index is 919. The van der Waals surface area contributed by atoms with Gasteiger partial charge in [0.25, 0.3) is 5.69 Å². The predicted molar refractivity (Wildman–Crippen MR) is 93.2 cm³/mol. The van der Waals surface area contributed by atoms with Gasteiger partial charge >= 0.3 is 0 Å². The summed E-state index contributed by atoms with van der Waals surface area (Å²) in [6.45, 7) is 0. The van der Waals surface area contributed by atoms with Gasteiger partial charge in [0.2, 0.25) is 0 Å². The maximum Gasteiger partial charge on any atom is 0.270 e. The van der Waals surface area contributed by atoms with Gasteiger partial charge in [0, 0.05) is 39.5 Å². The molecule has 0 bridgehead atoms. The molecule has 7 heteroatoms. The van der Waals surface area contributed by atoms with E-state index < -0.39 is 4.92 Å². The largest absolute Gasteiger partial charge is 0.338 e. The van der Waals surface area contributed by atoms with Gasteiger partial charge in [-0.1, -0.05) is 27.7 Å². The van der Waals surface area contributed by atoms with Crippen LogP contribution in [0.4, 0.5) is 5.69 Å². The smallest absolute Gasteiger partial charge is 0.270 e. The highest BCUT2D eigenvalue weighted by Gasteiger charge is 2.18. The predicted octanol–water partition coefficient (Wildman–Crippen LogP) is 4.81. The first-order chi connectivity index (χ1) is 11.0. The number of benzene rings is 2. The number of halogens is 1. The maximum atomic E-state index is 11.6. The van der Waals surface area contributed by atoms with Crippen LogP contribution >= 0.6 is 27.7 Å². The number of aromatic nitrogens is 1. The third kappa shape index (κ3) is 2.89. The lowest BCUT2D eigenvalue weighted by molar-refractivity contribution is -0.384. The second-order valence-electron chi connectivity index (χ2n) is 4.91. The number of aryl methyl sites for hydroxylation is 1. The number of nitro groups is 1. The summed E-state index contributed by atoms with van der Waals surface area (Å²) in [6, 6.07) is 12.3. The molecule has 0 saturated carbocycles. The summed E-state index contributed by atoms with van der Waals surface area (Å²) in [5.41, 5.74) is 1.24. The number of hydrogen-bond acceptors (Lipinski definition) is 4. The fourth-order valence-electron chi connectivity index (χ4n) is 2.40. The molecule has 0 fully saturated rings. The standard InChI is InChI=1S/C16H11BrN2O3S/c1-18-15-7-4-11(19(21)22)8-13(15)14(9-20)16(18)23-12-5-2-10(17)3-6-12/h2-9H,1H3. The minimum Gasteiger partial charge on any atom is -0.338 e. The summed E-state index contributed by atoms with van der Waals surface area (Å²) in [7, 11) is 1.85. The van der Waals surface area contributed by atoms with E-state index in [1.807, 2.05) is 35.9 Å². The zero-order chi connectivity index (χ0) is 16.6. The molecule has 0 atom stereocenters. The van der Waals surface area contributed by atoms with Crippen molar-refractivity contribution in [3.05, 3.63) is 62.6 Å². The first-order valence-electron chi connectivity index (χ1n) is 6.66. The van der Waals surface area contributed by atoms with Crippen molar-refractivity contribution in [2.24, 2.45) is 7.05 Å². The van der Waals surface area contributed by atoms with Gasteiger partial charge in [0.15, 0.2) is 6.29 Å². The molecule has 116 valence electrons. The second kappa shape index (κ2) is 6.17. The van der Waals surface area contributed by atoms with Crippen molar-refractivity contribution in [2.75, 3.05) is 0 Å². The number of carbonyl (C=O) groups excluding carboxylic acids is 1. The van der Waals surface area contributed by atoms with Crippen LogP contribution in [0.5, 0.6) is 0 Å². The van der Waals surface area contributed by atoms with E-state index in [9.17, 15) is 14.9 Å². The molecule has 0 amide bonds. The molecule has 3 aromatic rings. The highest BCUT2D eigenvalue weighted by Crippen LogP contribution is 2.37. The van der Waals surface area contributed by atoms with Crippen LogP contribution in [0, 0.1) is 10.1 Å². The van der Waals surface area contributed by atoms with Gasteiger partial charge in [-0.15, -0.1) is 0 Å². The van der Waals surface area contributed by atoms with Crippen LogP contribution in [0.1, 0.15) is 10.4 Å². The fourth-order valence-corrected chi connectivity index (χ4v) is 3.67. The molecule has 23 heavy (non-hydrogen) atoms. The monoisotopic (exact) mass is 390 g/mol. The van der Waals surface area contributed by atoms with Gasteiger partial charge in [-0.2, -0.15) is 0 Å². The number of hydrogen-bond donors (Lipinski definition) is 0. The molecule has 5 nitrogen and oxygen atoms in total.